The third kappa shape index (κ3) is 3.39. The number of fused-ring (bicyclic) bond motifs is 1. The minimum atomic E-state index is -3.37. The average Bonchev–Trinajstić information content (AvgIpc) is 3.13. The molecule has 8 heteroatoms. The van der Waals surface area contributed by atoms with Crippen LogP contribution in [0.5, 0.6) is 0 Å². The number of rotatable bonds is 5. The number of hydrogen-bond donors (Lipinski definition) is 1. The van der Waals surface area contributed by atoms with Crippen molar-refractivity contribution in [3.8, 4) is 0 Å². The van der Waals surface area contributed by atoms with Gasteiger partial charge in [0.15, 0.2) is 5.13 Å². The predicted molar refractivity (Wildman–Crippen MR) is 92.1 cm³/mol. The van der Waals surface area contributed by atoms with E-state index in [-0.39, 0.29) is 11.7 Å². The van der Waals surface area contributed by atoms with Crippen LogP contribution in [-0.2, 0) is 14.8 Å². The molecule has 0 radical (unpaired) electrons. The Hall–Kier alpha value is -1.51. The van der Waals surface area contributed by atoms with Crippen molar-refractivity contribution in [1.29, 1.82) is 0 Å². The Bertz CT molecular complexity index is 783. The molecule has 1 aliphatic rings. The molecule has 1 saturated heterocycles. The van der Waals surface area contributed by atoms with Crippen molar-refractivity contribution < 1.29 is 13.2 Å². The van der Waals surface area contributed by atoms with E-state index >= 15 is 0 Å². The Morgan fingerprint density at radius 2 is 2.22 bits per heavy atom. The van der Waals surface area contributed by atoms with E-state index < -0.39 is 16.1 Å². The summed E-state index contributed by atoms with van der Waals surface area (Å²) in [5.74, 6) is -0.209. The molecule has 6 nitrogen and oxygen atoms in total. The van der Waals surface area contributed by atoms with E-state index in [0.29, 0.717) is 30.9 Å². The van der Waals surface area contributed by atoms with E-state index in [4.69, 9.17) is 0 Å². The number of nitrogens with one attached hydrogen (secondary N) is 1. The minimum absolute atomic E-state index is 0.0813. The van der Waals surface area contributed by atoms with Gasteiger partial charge in [-0.05, 0) is 31.4 Å². The lowest BCUT2D eigenvalue weighted by Crippen LogP contribution is -2.43. The molecule has 2 aromatic rings. The first-order valence-electron chi connectivity index (χ1n) is 7.67. The first-order valence-corrected chi connectivity index (χ1v) is 10.1. The van der Waals surface area contributed by atoms with Crippen molar-refractivity contribution >= 4 is 42.6 Å². The van der Waals surface area contributed by atoms with Gasteiger partial charge < -0.3 is 5.32 Å². The highest BCUT2D eigenvalue weighted by Gasteiger charge is 2.38. The van der Waals surface area contributed by atoms with Gasteiger partial charge in [-0.15, -0.1) is 0 Å². The van der Waals surface area contributed by atoms with Crippen molar-refractivity contribution in [3.05, 3.63) is 24.3 Å². The number of aromatic nitrogens is 1. The van der Waals surface area contributed by atoms with Crippen LogP contribution in [0.3, 0.4) is 0 Å². The van der Waals surface area contributed by atoms with E-state index in [2.05, 4.69) is 10.3 Å². The minimum Gasteiger partial charge on any atom is -0.301 e. The van der Waals surface area contributed by atoms with E-state index in [1.807, 2.05) is 31.2 Å². The van der Waals surface area contributed by atoms with Crippen LogP contribution in [0.4, 0.5) is 5.13 Å². The van der Waals surface area contributed by atoms with E-state index in [0.717, 1.165) is 10.2 Å². The van der Waals surface area contributed by atoms with E-state index in [1.54, 1.807) is 0 Å². The smallest absolute Gasteiger partial charge is 0.244 e. The number of amides is 1. The Morgan fingerprint density at radius 1 is 1.43 bits per heavy atom. The summed E-state index contributed by atoms with van der Waals surface area (Å²) in [4.78, 5) is 16.9. The maximum atomic E-state index is 12.5. The van der Waals surface area contributed by atoms with Crippen molar-refractivity contribution in [3.63, 3.8) is 0 Å². The zero-order chi connectivity index (χ0) is 16.4. The van der Waals surface area contributed by atoms with E-state index in [9.17, 15) is 13.2 Å². The lowest BCUT2D eigenvalue weighted by molar-refractivity contribution is -0.119. The van der Waals surface area contributed by atoms with Gasteiger partial charge in [0.25, 0.3) is 0 Å². The molecule has 1 amide bonds. The van der Waals surface area contributed by atoms with Gasteiger partial charge in [0.2, 0.25) is 15.9 Å². The van der Waals surface area contributed by atoms with Crippen molar-refractivity contribution in [1.82, 2.24) is 9.29 Å². The average molecular weight is 353 g/mol. The zero-order valence-electron chi connectivity index (χ0n) is 12.9. The summed E-state index contributed by atoms with van der Waals surface area (Å²) < 4.78 is 26.9. The van der Waals surface area contributed by atoms with Crippen LogP contribution in [0.25, 0.3) is 10.2 Å². The second-order valence-corrected chi connectivity index (χ2v) is 8.63. The molecule has 1 unspecified atom stereocenters. The third-order valence-electron chi connectivity index (χ3n) is 3.85. The van der Waals surface area contributed by atoms with Crippen molar-refractivity contribution in [2.45, 2.75) is 32.2 Å². The van der Waals surface area contributed by atoms with Crippen LogP contribution in [0, 0.1) is 0 Å². The lowest BCUT2D eigenvalue weighted by atomic mass is 10.2. The number of carbonyl (C=O) groups is 1. The molecule has 1 aromatic carbocycles. The summed E-state index contributed by atoms with van der Waals surface area (Å²) in [5, 5.41) is 3.29. The molecule has 23 heavy (non-hydrogen) atoms. The monoisotopic (exact) mass is 353 g/mol. The Morgan fingerprint density at radius 3 is 2.96 bits per heavy atom. The van der Waals surface area contributed by atoms with Gasteiger partial charge in [-0.3, -0.25) is 4.79 Å². The molecule has 1 N–H and O–H groups in total. The lowest BCUT2D eigenvalue weighted by Gasteiger charge is -2.22. The Kier molecular flexibility index (Phi) is 4.65. The standard InChI is InChI=1S/C15H19N3O3S2/c1-2-10-23(20,21)18-9-5-7-12(18)14(19)17-15-16-11-6-3-4-8-13(11)22-15/h3-4,6,8,12H,2,5,7,9-10H2,1H3,(H,16,17,19). The molecule has 3 rings (SSSR count). The van der Waals surface area contributed by atoms with Crippen LogP contribution in [0.15, 0.2) is 24.3 Å². The molecular weight excluding hydrogens is 334 g/mol. The van der Waals surface area contributed by atoms with Crippen LogP contribution in [-0.4, -0.2) is 42.0 Å². The summed E-state index contributed by atoms with van der Waals surface area (Å²) in [6.45, 7) is 2.24. The number of nitrogens with zero attached hydrogens (tertiary/aromatic N) is 2. The van der Waals surface area contributed by atoms with Crippen LogP contribution < -0.4 is 5.32 Å². The molecule has 2 heterocycles. The molecule has 124 valence electrons. The summed E-state index contributed by atoms with van der Waals surface area (Å²) in [5.41, 5.74) is 0.828. The topological polar surface area (TPSA) is 79.4 Å². The largest absolute Gasteiger partial charge is 0.301 e. The molecule has 0 spiro atoms. The molecule has 0 aliphatic carbocycles. The predicted octanol–water partition coefficient (Wildman–Crippen LogP) is 2.44. The fourth-order valence-corrected chi connectivity index (χ4v) is 5.44. The number of thiazole rings is 1. The van der Waals surface area contributed by atoms with Crippen LogP contribution in [0.2, 0.25) is 0 Å². The quantitative estimate of drug-likeness (QED) is 0.895. The maximum Gasteiger partial charge on any atom is 0.244 e. The number of para-hydroxylation sites is 1. The fraction of sp³-hybridized carbons (Fsp3) is 0.467. The van der Waals surface area contributed by atoms with Gasteiger partial charge >= 0.3 is 0 Å². The highest BCUT2D eigenvalue weighted by molar-refractivity contribution is 7.89. The summed E-state index contributed by atoms with van der Waals surface area (Å²) in [7, 11) is -3.37. The maximum absolute atomic E-state index is 12.5. The van der Waals surface area contributed by atoms with Gasteiger partial charge in [-0.1, -0.05) is 30.4 Å². The Labute approximate surface area is 139 Å². The van der Waals surface area contributed by atoms with Crippen molar-refractivity contribution in [2.75, 3.05) is 17.6 Å². The van der Waals surface area contributed by atoms with Crippen LogP contribution in [0.1, 0.15) is 26.2 Å². The van der Waals surface area contributed by atoms with Gasteiger partial charge in [-0.2, -0.15) is 4.31 Å². The van der Waals surface area contributed by atoms with Gasteiger partial charge in [-0.25, -0.2) is 13.4 Å². The molecule has 1 fully saturated rings. The number of hydrogen-bond acceptors (Lipinski definition) is 5. The first kappa shape index (κ1) is 16.4. The highest BCUT2D eigenvalue weighted by Crippen LogP contribution is 2.27. The number of sulfonamides is 1. The summed E-state index contributed by atoms with van der Waals surface area (Å²) >= 11 is 1.39. The molecular formula is C15H19N3O3S2. The van der Waals surface area contributed by atoms with Gasteiger partial charge in [0.1, 0.15) is 6.04 Å². The number of benzene rings is 1. The highest BCUT2D eigenvalue weighted by atomic mass is 32.2. The van der Waals surface area contributed by atoms with Gasteiger partial charge in [0.05, 0.1) is 16.0 Å². The normalized spacial score (nSPS) is 19.3. The number of carbonyl (C=O) groups excluding carboxylic acids is 1. The SMILES string of the molecule is CCCS(=O)(=O)N1CCCC1C(=O)Nc1nc2ccccc2s1. The molecule has 1 atom stereocenters. The second kappa shape index (κ2) is 6.54. The summed E-state index contributed by atoms with van der Waals surface area (Å²) in [6, 6.07) is 7.01. The first-order chi connectivity index (χ1) is 11.0. The van der Waals surface area contributed by atoms with E-state index in [1.165, 1.54) is 15.6 Å². The summed E-state index contributed by atoms with van der Waals surface area (Å²) in [6.07, 6.45) is 1.81. The molecule has 1 aliphatic heterocycles. The molecule has 0 saturated carbocycles. The fourth-order valence-electron chi connectivity index (χ4n) is 2.82. The molecule has 1 aromatic heterocycles. The number of anilines is 1. The second-order valence-electron chi connectivity index (χ2n) is 5.56. The third-order valence-corrected chi connectivity index (χ3v) is 6.88. The zero-order valence-corrected chi connectivity index (χ0v) is 14.5. The van der Waals surface area contributed by atoms with Crippen LogP contribution >= 0.6 is 11.3 Å². The van der Waals surface area contributed by atoms with Gasteiger partial charge in [0, 0.05) is 6.54 Å². The van der Waals surface area contributed by atoms with Crippen molar-refractivity contribution in [2.24, 2.45) is 0 Å². The Balaban J connectivity index is 1.76. The molecule has 0 bridgehead atoms.